The van der Waals surface area contributed by atoms with Crippen LogP contribution >= 0.6 is 0 Å². The lowest BCUT2D eigenvalue weighted by Crippen LogP contribution is -2.41. The van der Waals surface area contributed by atoms with Crippen molar-refractivity contribution in [3.63, 3.8) is 0 Å². The van der Waals surface area contributed by atoms with Gasteiger partial charge in [0.1, 0.15) is 5.84 Å². The van der Waals surface area contributed by atoms with Gasteiger partial charge in [0.2, 0.25) is 0 Å². The lowest BCUT2D eigenvalue weighted by atomic mass is 9.97. The molecule has 0 fully saturated rings. The summed E-state index contributed by atoms with van der Waals surface area (Å²) < 4.78 is 0. The van der Waals surface area contributed by atoms with Gasteiger partial charge in [-0.1, -0.05) is 26.8 Å². The monoisotopic (exact) mass is 197 g/mol. The fourth-order valence-electron chi connectivity index (χ4n) is 1.01. The fourth-order valence-corrected chi connectivity index (χ4v) is 1.01. The van der Waals surface area contributed by atoms with E-state index in [-0.39, 0.29) is 5.41 Å². The molecule has 0 aliphatic rings. The summed E-state index contributed by atoms with van der Waals surface area (Å²) in [7, 11) is 0. The van der Waals surface area contributed by atoms with E-state index in [1.54, 1.807) is 5.01 Å². The highest BCUT2D eigenvalue weighted by Gasteiger charge is 2.14. The molecular weight excluding hydrogens is 174 g/mol. The van der Waals surface area contributed by atoms with Gasteiger partial charge in [0.25, 0.3) is 0 Å². The maximum Gasteiger partial charge on any atom is 0.115 e. The van der Waals surface area contributed by atoms with Crippen molar-refractivity contribution in [3.05, 3.63) is 11.8 Å². The largest absolute Gasteiger partial charge is 0.298 e. The van der Waals surface area contributed by atoms with Crippen molar-refractivity contribution in [2.24, 2.45) is 16.3 Å². The van der Waals surface area contributed by atoms with Crippen molar-refractivity contribution in [3.8, 4) is 0 Å². The van der Waals surface area contributed by atoms with E-state index in [0.29, 0.717) is 0 Å². The molecule has 0 saturated heterocycles. The van der Waals surface area contributed by atoms with E-state index in [0.717, 1.165) is 18.1 Å². The van der Waals surface area contributed by atoms with Crippen molar-refractivity contribution in [1.29, 1.82) is 0 Å². The van der Waals surface area contributed by atoms with Crippen LogP contribution in [0.2, 0.25) is 0 Å². The van der Waals surface area contributed by atoms with Gasteiger partial charge >= 0.3 is 0 Å². The third kappa shape index (κ3) is 5.75. The van der Waals surface area contributed by atoms with Crippen LogP contribution in [0.3, 0.4) is 0 Å². The highest BCUT2D eigenvalue weighted by Crippen LogP contribution is 2.13. The van der Waals surface area contributed by atoms with Gasteiger partial charge in [0.15, 0.2) is 0 Å². The molecule has 3 heteroatoms. The summed E-state index contributed by atoms with van der Waals surface area (Å²) in [5, 5.41) is 1.70. The maximum absolute atomic E-state index is 5.88. The van der Waals surface area contributed by atoms with Crippen LogP contribution in [0.5, 0.6) is 0 Å². The first-order valence-electron chi connectivity index (χ1n) is 4.96. The second kappa shape index (κ2) is 5.15. The van der Waals surface area contributed by atoms with E-state index in [1.165, 1.54) is 0 Å². The molecular formula is C11H23N3. The standard InChI is InChI=1S/C11H23N3/c1-7-9(2)13-10(3)14(12)8-11(4,5)6/h7H,8,12H2,1-6H3/b9-7-,13-10-. The fraction of sp³-hybridized carbons (Fsp3) is 0.727. The molecule has 0 aliphatic heterocycles. The van der Waals surface area contributed by atoms with E-state index in [2.05, 4.69) is 25.8 Å². The molecule has 0 aromatic carbocycles. The van der Waals surface area contributed by atoms with E-state index >= 15 is 0 Å². The summed E-state index contributed by atoms with van der Waals surface area (Å²) >= 11 is 0. The molecule has 3 nitrogen and oxygen atoms in total. The van der Waals surface area contributed by atoms with Gasteiger partial charge in [-0.2, -0.15) is 0 Å². The first-order chi connectivity index (χ1) is 6.26. The number of rotatable bonds is 2. The van der Waals surface area contributed by atoms with E-state index in [4.69, 9.17) is 5.84 Å². The maximum atomic E-state index is 5.88. The zero-order valence-corrected chi connectivity index (χ0v) is 10.3. The van der Waals surface area contributed by atoms with Gasteiger partial charge in [-0.15, -0.1) is 0 Å². The Balaban J connectivity index is 4.40. The van der Waals surface area contributed by atoms with Crippen LogP contribution < -0.4 is 5.84 Å². The minimum Gasteiger partial charge on any atom is -0.298 e. The number of hydrogen-bond donors (Lipinski definition) is 1. The Labute approximate surface area is 87.7 Å². The van der Waals surface area contributed by atoms with Gasteiger partial charge < -0.3 is 0 Å². The second-order valence-corrected chi connectivity index (χ2v) is 4.78. The molecule has 0 unspecified atom stereocenters. The number of nitrogens with two attached hydrogens (primary N) is 1. The normalized spacial score (nSPS) is 14.5. The number of aliphatic imine (C=N–C) groups is 1. The number of amidine groups is 1. The van der Waals surface area contributed by atoms with Crippen molar-refractivity contribution < 1.29 is 0 Å². The molecule has 2 N–H and O–H groups in total. The van der Waals surface area contributed by atoms with Crippen molar-refractivity contribution in [2.45, 2.75) is 41.5 Å². The van der Waals surface area contributed by atoms with Crippen LogP contribution in [0.4, 0.5) is 0 Å². The third-order valence-corrected chi connectivity index (χ3v) is 1.82. The molecule has 0 rings (SSSR count). The predicted molar refractivity (Wildman–Crippen MR) is 62.9 cm³/mol. The van der Waals surface area contributed by atoms with Crippen LogP contribution in [0.1, 0.15) is 41.5 Å². The lowest BCUT2D eigenvalue weighted by molar-refractivity contribution is 0.278. The SMILES string of the molecule is C/C=C(C)\N=C(\C)N(N)CC(C)(C)C. The van der Waals surface area contributed by atoms with E-state index < -0.39 is 0 Å². The summed E-state index contributed by atoms with van der Waals surface area (Å²) in [5.41, 5.74) is 1.18. The van der Waals surface area contributed by atoms with Crippen molar-refractivity contribution in [1.82, 2.24) is 5.01 Å². The minimum absolute atomic E-state index is 0.190. The smallest absolute Gasteiger partial charge is 0.115 e. The molecule has 0 spiro atoms. The van der Waals surface area contributed by atoms with Crippen molar-refractivity contribution in [2.75, 3.05) is 6.54 Å². The minimum atomic E-state index is 0.190. The average molecular weight is 197 g/mol. The van der Waals surface area contributed by atoms with Gasteiger partial charge in [0, 0.05) is 12.2 Å². The Hall–Kier alpha value is -0.830. The molecule has 14 heavy (non-hydrogen) atoms. The predicted octanol–water partition coefficient (Wildman–Crippen LogP) is 2.55. The molecule has 0 saturated carbocycles. The number of hydrazine groups is 1. The van der Waals surface area contributed by atoms with Crippen molar-refractivity contribution >= 4 is 5.84 Å². The number of nitrogens with zero attached hydrogens (tertiary/aromatic N) is 2. The molecule has 0 atom stereocenters. The number of allylic oxidation sites excluding steroid dienone is 2. The third-order valence-electron chi connectivity index (χ3n) is 1.82. The molecule has 0 heterocycles. The van der Waals surface area contributed by atoms with E-state index in [9.17, 15) is 0 Å². The second-order valence-electron chi connectivity index (χ2n) is 4.78. The Bertz CT molecular complexity index is 233. The molecule has 82 valence electrons. The zero-order valence-electron chi connectivity index (χ0n) is 10.3. The average Bonchev–Trinajstić information content (AvgIpc) is 2.00. The molecule has 0 aromatic heterocycles. The Morgan fingerprint density at radius 1 is 1.36 bits per heavy atom. The molecule has 0 aromatic rings. The topological polar surface area (TPSA) is 41.6 Å². The van der Waals surface area contributed by atoms with Gasteiger partial charge in [-0.25, -0.2) is 10.8 Å². The van der Waals surface area contributed by atoms with Crippen LogP contribution in [0.25, 0.3) is 0 Å². The van der Waals surface area contributed by atoms with Gasteiger partial charge in [0.05, 0.1) is 0 Å². The van der Waals surface area contributed by atoms with E-state index in [1.807, 2.05) is 26.8 Å². The van der Waals surface area contributed by atoms with Crippen LogP contribution in [-0.4, -0.2) is 17.4 Å². The first kappa shape index (κ1) is 13.2. The molecule has 0 amide bonds. The van der Waals surface area contributed by atoms with Gasteiger partial charge in [-0.05, 0) is 26.2 Å². The highest BCUT2D eigenvalue weighted by molar-refractivity contribution is 5.80. The number of hydrogen-bond acceptors (Lipinski definition) is 2. The summed E-state index contributed by atoms with van der Waals surface area (Å²) in [6, 6.07) is 0. The van der Waals surface area contributed by atoms with Crippen LogP contribution in [0, 0.1) is 5.41 Å². The molecule has 0 aliphatic carbocycles. The summed E-state index contributed by atoms with van der Waals surface area (Å²) in [5.74, 6) is 6.74. The Kier molecular flexibility index (Phi) is 4.85. The molecule has 0 radical (unpaired) electrons. The Morgan fingerprint density at radius 2 is 1.86 bits per heavy atom. The highest BCUT2D eigenvalue weighted by atomic mass is 15.4. The summed E-state index contributed by atoms with van der Waals surface area (Å²) in [6.07, 6.45) is 1.97. The zero-order chi connectivity index (χ0) is 11.4. The lowest BCUT2D eigenvalue weighted by Gasteiger charge is -2.27. The first-order valence-corrected chi connectivity index (χ1v) is 4.96. The quantitative estimate of drug-likeness (QED) is 0.320. The summed E-state index contributed by atoms with van der Waals surface area (Å²) in [6.45, 7) is 13.1. The summed E-state index contributed by atoms with van der Waals surface area (Å²) in [4.78, 5) is 4.36. The van der Waals surface area contributed by atoms with Crippen LogP contribution in [0.15, 0.2) is 16.8 Å². The van der Waals surface area contributed by atoms with Gasteiger partial charge in [-0.3, -0.25) is 5.01 Å². The molecule has 0 bridgehead atoms. The Morgan fingerprint density at radius 3 is 2.21 bits per heavy atom. The van der Waals surface area contributed by atoms with Crippen LogP contribution in [-0.2, 0) is 0 Å².